The van der Waals surface area contributed by atoms with Gasteiger partial charge in [0.2, 0.25) is 0 Å². The molecule has 0 spiro atoms. The van der Waals surface area contributed by atoms with Crippen LogP contribution in [0.3, 0.4) is 0 Å². The van der Waals surface area contributed by atoms with Gasteiger partial charge in [0.25, 0.3) is 0 Å². The van der Waals surface area contributed by atoms with Crippen molar-refractivity contribution in [1.82, 2.24) is 0 Å². The highest BCUT2D eigenvalue weighted by Crippen LogP contribution is 2.17. The SMILES string of the molecule is O=Cc1ccc(OC(=O)Cc2ccc3ccccc3c2)cc1. The highest BCUT2D eigenvalue weighted by Gasteiger charge is 2.07. The van der Waals surface area contributed by atoms with E-state index in [9.17, 15) is 9.59 Å². The summed E-state index contributed by atoms with van der Waals surface area (Å²) in [6, 6.07) is 20.4. The number of esters is 1. The van der Waals surface area contributed by atoms with Crippen LogP contribution >= 0.6 is 0 Å². The largest absolute Gasteiger partial charge is 0.426 e. The van der Waals surface area contributed by atoms with Gasteiger partial charge in [-0.3, -0.25) is 9.59 Å². The number of rotatable bonds is 4. The van der Waals surface area contributed by atoms with Crippen LogP contribution in [0, 0.1) is 0 Å². The second-order valence-corrected chi connectivity index (χ2v) is 5.02. The molecule has 0 aliphatic heterocycles. The molecule has 0 aromatic heterocycles. The zero-order valence-electron chi connectivity index (χ0n) is 11.9. The molecule has 0 bridgehead atoms. The van der Waals surface area contributed by atoms with Gasteiger partial charge in [0.1, 0.15) is 12.0 Å². The first-order chi connectivity index (χ1) is 10.7. The first-order valence-electron chi connectivity index (χ1n) is 6.98. The van der Waals surface area contributed by atoms with Crippen LogP contribution in [0.2, 0.25) is 0 Å². The summed E-state index contributed by atoms with van der Waals surface area (Å²) in [7, 11) is 0. The molecule has 3 aromatic carbocycles. The highest BCUT2D eigenvalue weighted by molar-refractivity contribution is 5.84. The molecule has 0 atom stereocenters. The lowest BCUT2D eigenvalue weighted by molar-refractivity contribution is -0.133. The van der Waals surface area contributed by atoms with Crippen LogP contribution in [0.25, 0.3) is 10.8 Å². The predicted molar refractivity (Wildman–Crippen MR) is 85.1 cm³/mol. The van der Waals surface area contributed by atoms with Gasteiger partial charge in [-0.2, -0.15) is 0 Å². The van der Waals surface area contributed by atoms with Gasteiger partial charge >= 0.3 is 5.97 Å². The monoisotopic (exact) mass is 290 g/mol. The van der Waals surface area contributed by atoms with Crippen molar-refractivity contribution >= 4 is 23.0 Å². The Morgan fingerprint density at radius 3 is 2.36 bits per heavy atom. The molecule has 0 unspecified atom stereocenters. The Labute approximate surface area is 128 Å². The lowest BCUT2D eigenvalue weighted by atomic mass is 10.1. The number of ether oxygens (including phenoxy) is 1. The normalized spacial score (nSPS) is 10.4. The van der Waals surface area contributed by atoms with Crippen LogP contribution in [0.15, 0.2) is 66.7 Å². The second-order valence-electron chi connectivity index (χ2n) is 5.02. The highest BCUT2D eigenvalue weighted by atomic mass is 16.5. The van der Waals surface area contributed by atoms with Gasteiger partial charge < -0.3 is 4.74 Å². The fourth-order valence-corrected chi connectivity index (χ4v) is 2.30. The first-order valence-corrected chi connectivity index (χ1v) is 6.98. The summed E-state index contributed by atoms with van der Waals surface area (Å²) >= 11 is 0. The Hall–Kier alpha value is -2.94. The maximum Gasteiger partial charge on any atom is 0.315 e. The third-order valence-electron chi connectivity index (χ3n) is 3.41. The number of hydrogen-bond donors (Lipinski definition) is 0. The Morgan fingerprint density at radius 1 is 0.909 bits per heavy atom. The van der Waals surface area contributed by atoms with E-state index in [1.165, 1.54) is 0 Å². The van der Waals surface area contributed by atoms with Crippen molar-refractivity contribution in [2.24, 2.45) is 0 Å². The Kier molecular flexibility index (Phi) is 3.97. The Morgan fingerprint density at radius 2 is 1.64 bits per heavy atom. The molecule has 3 nitrogen and oxygen atoms in total. The average Bonchev–Trinajstić information content (AvgIpc) is 2.55. The number of fused-ring (bicyclic) bond motifs is 1. The van der Waals surface area contributed by atoms with Crippen molar-refractivity contribution in [1.29, 1.82) is 0 Å². The van der Waals surface area contributed by atoms with Crippen LogP contribution < -0.4 is 4.74 Å². The van der Waals surface area contributed by atoms with E-state index >= 15 is 0 Å². The molecule has 3 aromatic rings. The smallest absolute Gasteiger partial charge is 0.315 e. The van der Waals surface area contributed by atoms with Gasteiger partial charge in [-0.1, -0.05) is 42.5 Å². The number of carbonyl (C=O) groups is 2. The lowest BCUT2D eigenvalue weighted by Gasteiger charge is -2.06. The summed E-state index contributed by atoms with van der Waals surface area (Å²) in [5.41, 5.74) is 1.46. The molecule has 3 rings (SSSR count). The van der Waals surface area contributed by atoms with E-state index < -0.39 is 0 Å². The molecular weight excluding hydrogens is 276 g/mol. The van der Waals surface area contributed by atoms with Gasteiger partial charge in [-0.25, -0.2) is 0 Å². The van der Waals surface area contributed by atoms with E-state index in [0.29, 0.717) is 11.3 Å². The Bertz CT molecular complexity index is 819. The molecule has 108 valence electrons. The summed E-state index contributed by atoms with van der Waals surface area (Å²) in [6.45, 7) is 0. The van der Waals surface area contributed by atoms with E-state index in [1.807, 2.05) is 42.5 Å². The minimum atomic E-state index is -0.325. The van der Waals surface area contributed by atoms with Gasteiger partial charge in [-0.05, 0) is 40.6 Å². The van der Waals surface area contributed by atoms with Crippen molar-refractivity contribution in [2.75, 3.05) is 0 Å². The van der Waals surface area contributed by atoms with Gasteiger partial charge in [0.05, 0.1) is 6.42 Å². The number of benzene rings is 3. The molecule has 0 heterocycles. The van der Waals surface area contributed by atoms with E-state index in [0.717, 1.165) is 22.6 Å². The van der Waals surface area contributed by atoms with Crippen LogP contribution in [-0.4, -0.2) is 12.3 Å². The molecular formula is C19H14O3. The molecule has 0 saturated carbocycles. The third kappa shape index (κ3) is 3.20. The molecule has 0 aliphatic carbocycles. The fourth-order valence-electron chi connectivity index (χ4n) is 2.30. The van der Waals surface area contributed by atoms with Gasteiger partial charge in [0.15, 0.2) is 0 Å². The summed E-state index contributed by atoms with van der Waals surface area (Å²) in [4.78, 5) is 22.6. The molecule has 0 N–H and O–H groups in total. The van der Waals surface area contributed by atoms with Crippen molar-refractivity contribution < 1.29 is 14.3 Å². The van der Waals surface area contributed by atoms with Gasteiger partial charge in [-0.15, -0.1) is 0 Å². The molecule has 0 radical (unpaired) electrons. The maximum absolute atomic E-state index is 12.0. The maximum atomic E-state index is 12.0. The molecule has 0 fully saturated rings. The summed E-state index contributed by atoms with van der Waals surface area (Å²) in [5, 5.41) is 2.24. The zero-order valence-corrected chi connectivity index (χ0v) is 11.9. The predicted octanol–water partition coefficient (Wildman–Crippen LogP) is 3.80. The number of carbonyl (C=O) groups excluding carboxylic acids is 2. The van der Waals surface area contributed by atoms with Crippen molar-refractivity contribution in [3.63, 3.8) is 0 Å². The average molecular weight is 290 g/mol. The summed E-state index contributed by atoms with van der Waals surface area (Å²) < 4.78 is 5.28. The van der Waals surface area contributed by atoms with Gasteiger partial charge in [0, 0.05) is 5.56 Å². The first kappa shape index (κ1) is 14.0. The van der Waals surface area contributed by atoms with Crippen LogP contribution in [0.5, 0.6) is 5.75 Å². The second kappa shape index (κ2) is 6.22. The fraction of sp³-hybridized carbons (Fsp3) is 0.0526. The van der Waals surface area contributed by atoms with Crippen molar-refractivity contribution in [2.45, 2.75) is 6.42 Å². The number of aldehydes is 1. The lowest BCUT2D eigenvalue weighted by Crippen LogP contribution is -2.11. The molecule has 0 aliphatic rings. The third-order valence-corrected chi connectivity index (χ3v) is 3.41. The standard InChI is InChI=1S/C19H14O3/c20-13-14-6-9-18(10-7-14)22-19(21)12-15-5-8-16-3-1-2-4-17(16)11-15/h1-11,13H,12H2. The molecule has 22 heavy (non-hydrogen) atoms. The van der Waals surface area contributed by atoms with Crippen molar-refractivity contribution in [3.05, 3.63) is 77.9 Å². The molecule has 0 amide bonds. The minimum absolute atomic E-state index is 0.209. The van der Waals surface area contributed by atoms with E-state index in [2.05, 4.69) is 0 Å². The quantitative estimate of drug-likeness (QED) is 0.417. The van der Waals surface area contributed by atoms with E-state index in [1.54, 1.807) is 24.3 Å². The number of hydrogen-bond acceptors (Lipinski definition) is 3. The van der Waals surface area contributed by atoms with Crippen molar-refractivity contribution in [3.8, 4) is 5.75 Å². The molecule has 0 saturated heterocycles. The van der Waals surface area contributed by atoms with Crippen LogP contribution in [-0.2, 0) is 11.2 Å². The van der Waals surface area contributed by atoms with Crippen LogP contribution in [0.1, 0.15) is 15.9 Å². The minimum Gasteiger partial charge on any atom is -0.426 e. The summed E-state index contributed by atoms with van der Waals surface area (Å²) in [6.07, 6.45) is 0.959. The van der Waals surface area contributed by atoms with E-state index in [4.69, 9.17) is 4.74 Å². The van der Waals surface area contributed by atoms with Crippen LogP contribution in [0.4, 0.5) is 0 Å². The zero-order chi connectivity index (χ0) is 15.4. The topological polar surface area (TPSA) is 43.4 Å². The Balaban J connectivity index is 1.70. The summed E-state index contributed by atoms with van der Waals surface area (Å²) in [5.74, 6) is 0.116. The molecule has 3 heteroatoms. The van der Waals surface area contributed by atoms with E-state index in [-0.39, 0.29) is 12.4 Å².